The maximum Gasteiger partial charge on any atom is 0.184 e. The van der Waals surface area contributed by atoms with Gasteiger partial charge in [0, 0.05) is 17.8 Å². The third kappa shape index (κ3) is 3.35. The highest BCUT2D eigenvalue weighted by Gasteiger charge is 2.35. The molecule has 21 heavy (non-hydrogen) atoms. The minimum Gasteiger partial charge on any atom is -0.375 e. The number of hydrogen-bond donors (Lipinski definition) is 2. The Morgan fingerprint density at radius 2 is 2.29 bits per heavy atom. The molecule has 0 fully saturated rings. The number of nitrogens with zero attached hydrogens (tertiary/aromatic N) is 2. The second-order valence-electron chi connectivity index (χ2n) is 6.21. The van der Waals surface area contributed by atoms with E-state index in [0.717, 1.165) is 18.5 Å². The van der Waals surface area contributed by atoms with Gasteiger partial charge in [0.05, 0.1) is 6.21 Å². The molecule has 0 saturated carbocycles. The second kappa shape index (κ2) is 6.02. The molecule has 3 N–H and O–H groups in total. The molecule has 1 atom stereocenters. The Morgan fingerprint density at radius 3 is 2.90 bits per heavy atom. The lowest BCUT2D eigenvalue weighted by molar-refractivity contribution is 0.381. The van der Waals surface area contributed by atoms with E-state index >= 15 is 0 Å². The average molecular weight is 304 g/mol. The quantitative estimate of drug-likeness (QED) is 0.512. The predicted octanol–water partition coefficient (Wildman–Crippen LogP) is 2.97. The molecule has 0 radical (unpaired) electrons. The van der Waals surface area contributed by atoms with Crippen LogP contribution in [0.5, 0.6) is 0 Å². The number of anilines is 1. The number of rotatable bonds is 3. The molecule has 1 heterocycles. The van der Waals surface area contributed by atoms with Gasteiger partial charge < -0.3 is 10.6 Å². The van der Waals surface area contributed by atoms with Crippen molar-refractivity contribution >= 4 is 29.2 Å². The van der Waals surface area contributed by atoms with Crippen molar-refractivity contribution in [2.45, 2.75) is 45.6 Å². The summed E-state index contributed by atoms with van der Waals surface area (Å²) in [4.78, 5) is 2.48. The van der Waals surface area contributed by atoms with Gasteiger partial charge in [-0.15, -0.1) is 0 Å². The van der Waals surface area contributed by atoms with Gasteiger partial charge in [0.1, 0.15) is 0 Å². The van der Waals surface area contributed by atoms with Crippen LogP contribution in [-0.2, 0) is 0 Å². The zero-order valence-electron chi connectivity index (χ0n) is 13.2. The van der Waals surface area contributed by atoms with Crippen LogP contribution < -0.4 is 16.1 Å². The normalized spacial score (nSPS) is 20.4. The Hall–Kier alpha value is -1.62. The summed E-state index contributed by atoms with van der Waals surface area (Å²) in [5.41, 5.74) is 11.9. The van der Waals surface area contributed by atoms with Crippen LogP contribution in [0.2, 0.25) is 0 Å². The molecule has 1 aliphatic rings. The molecule has 0 spiro atoms. The molecule has 0 aliphatic carbocycles. The Morgan fingerprint density at radius 1 is 1.57 bits per heavy atom. The lowest BCUT2D eigenvalue weighted by atomic mass is 9.79. The first-order valence-corrected chi connectivity index (χ1v) is 7.76. The summed E-state index contributed by atoms with van der Waals surface area (Å²) in [6.45, 7) is 10.2. The van der Waals surface area contributed by atoms with E-state index in [-0.39, 0.29) is 10.7 Å². The summed E-state index contributed by atoms with van der Waals surface area (Å²) in [5, 5.41) is 4.21. The van der Waals surface area contributed by atoms with Gasteiger partial charge in [0.2, 0.25) is 0 Å². The zero-order chi connectivity index (χ0) is 15.6. The molecule has 1 aromatic rings. The maximum absolute atomic E-state index is 5.36. The van der Waals surface area contributed by atoms with Crippen molar-refractivity contribution in [2.24, 2.45) is 10.8 Å². The molecule has 114 valence electrons. The number of nitrogens with two attached hydrogens (primary N) is 1. The molecule has 0 unspecified atom stereocenters. The number of benzene rings is 1. The summed E-state index contributed by atoms with van der Waals surface area (Å²) < 4.78 is 0. The molecule has 0 amide bonds. The van der Waals surface area contributed by atoms with E-state index in [9.17, 15) is 0 Å². The number of fused-ring (bicyclic) bond motifs is 1. The van der Waals surface area contributed by atoms with Crippen LogP contribution >= 0.6 is 12.2 Å². The van der Waals surface area contributed by atoms with E-state index in [1.54, 1.807) is 6.21 Å². The van der Waals surface area contributed by atoms with Gasteiger partial charge in [-0.2, -0.15) is 5.10 Å². The molecule has 1 aromatic carbocycles. The largest absolute Gasteiger partial charge is 0.375 e. The van der Waals surface area contributed by atoms with Crippen molar-refractivity contribution < 1.29 is 0 Å². The topological polar surface area (TPSA) is 53.6 Å². The van der Waals surface area contributed by atoms with Gasteiger partial charge in [-0.05, 0) is 68.6 Å². The van der Waals surface area contributed by atoms with Gasteiger partial charge in [-0.25, -0.2) is 0 Å². The van der Waals surface area contributed by atoms with Crippen LogP contribution in [-0.4, -0.2) is 23.4 Å². The highest BCUT2D eigenvalue weighted by molar-refractivity contribution is 7.80. The fraction of sp³-hybridized carbons (Fsp3) is 0.500. The van der Waals surface area contributed by atoms with Gasteiger partial charge in [-0.1, -0.05) is 13.0 Å². The summed E-state index contributed by atoms with van der Waals surface area (Å²) >= 11 is 4.73. The SMILES string of the molecule is CCN1c2ccc(/C=N\NC(N)=S)cc2[C@H](C)CC1(C)C. The second-order valence-corrected chi connectivity index (χ2v) is 6.65. The monoisotopic (exact) mass is 304 g/mol. The maximum atomic E-state index is 5.36. The number of hydrogen-bond acceptors (Lipinski definition) is 3. The van der Waals surface area contributed by atoms with E-state index in [1.165, 1.54) is 11.3 Å². The fourth-order valence-electron chi connectivity index (χ4n) is 3.36. The lowest BCUT2D eigenvalue weighted by Crippen LogP contribution is -2.48. The first-order valence-electron chi connectivity index (χ1n) is 7.35. The van der Waals surface area contributed by atoms with Crippen LogP contribution in [0.25, 0.3) is 0 Å². The highest BCUT2D eigenvalue weighted by atomic mass is 32.1. The summed E-state index contributed by atoms with van der Waals surface area (Å²) in [6.07, 6.45) is 2.90. The molecule has 0 saturated heterocycles. The minimum absolute atomic E-state index is 0.177. The van der Waals surface area contributed by atoms with Crippen LogP contribution in [0.3, 0.4) is 0 Å². The Kier molecular flexibility index (Phi) is 4.52. The lowest BCUT2D eigenvalue weighted by Gasteiger charge is -2.47. The minimum atomic E-state index is 0.177. The van der Waals surface area contributed by atoms with Crippen molar-refractivity contribution in [3.8, 4) is 0 Å². The first kappa shape index (κ1) is 15.8. The van der Waals surface area contributed by atoms with Crippen LogP contribution in [0.15, 0.2) is 23.3 Å². The standard InChI is InChI=1S/C16H24N4S/c1-5-20-14-7-6-12(10-18-19-15(17)21)8-13(14)11(2)9-16(20,3)4/h6-8,10-11H,5,9H2,1-4H3,(H3,17,19,21)/b18-10-/t11-/m1/s1. The first-order chi connectivity index (χ1) is 9.85. The van der Waals surface area contributed by atoms with Gasteiger partial charge in [0.15, 0.2) is 5.11 Å². The average Bonchev–Trinajstić information content (AvgIpc) is 2.38. The van der Waals surface area contributed by atoms with Gasteiger partial charge >= 0.3 is 0 Å². The number of hydrazone groups is 1. The molecular weight excluding hydrogens is 280 g/mol. The highest BCUT2D eigenvalue weighted by Crippen LogP contribution is 2.43. The predicted molar refractivity (Wildman–Crippen MR) is 94.1 cm³/mol. The van der Waals surface area contributed by atoms with Crippen molar-refractivity contribution in [3.63, 3.8) is 0 Å². The summed E-state index contributed by atoms with van der Waals surface area (Å²) in [6, 6.07) is 6.49. The Balaban J connectivity index is 2.33. The van der Waals surface area contributed by atoms with Crippen molar-refractivity contribution in [1.29, 1.82) is 0 Å². The smallest absolute Gasteiger partial charge is 0.184 e. The van der Waals surface area contributed by atoms with E-state index in [0.29, 0.717) is 5.92 Å². The van der Waals surface area contributed by atoms with Crippen molar-refractivity contribution in [2.75, 3.05) is 11.4 Å². The zero-order valence-corrected chi connectivity index (χ0v) is 14.0. The molecule has 2 rings (SSSR count). The molecule has 1 aliphatic heterocycles. The summed E-state index contributed by atoms with van der Waals surface area (Å²) in [5.74, 6) is 0.537. The molecule has 0 bridgehead atoms. The Bertz CT molecular complexity index is 565. The van der Waals surface area contributed by atoms with Crippen LogP contribution in [0.1, 0.15) is 51.2 Å². The van der Waals surface area contributed by atoms with E-state index in [4.69, 9.17) is 18.0 Å². The third-order valence-corrected chi connectivity index (χ3v) is 4.21. The third-order valence-electron chi connectivity index (χ3n) is 4.11. The molecular formula is C16H24N4S. The fourth-order valence-corrected chi connectivity index (χ4v) is 3.41. The van der Waals surface area contributed by atoms with Crippen LogP contribution in [0.4, 0.5) is 5.69 Å². The van der Waals surface area contributed by atoms with E-state index < -0.39 is 0 Å². The molecule has 4 nitrogen and oxygen atoms in total. The summed E-state index contributed by atoms with van der Waals surface area (Å²) in [7, 11) is 0. The van der Waals surface area contributed by atoms with Crippen molar-refractivity contribution in [3.05, 3.63) is 29.3 Å². The van der Waals surface area contributed by atoms with Gasteiger partial charge in [0.25, 0.3) is 0 Å². The van der Waals surface area contributed by atoms with Crippen LogP contribution in [0, 0.1) is 0 Å². The number of nitrogens with one attached hydrogen (secondary N) is 1. The molecule has 5 heteroatoms. The van der Waals surface area contributed by atoms with E-state index in [1.807, 2.05) is 0 Å². The Labute approximate surface area is 132 Å². The number of thiocarbonyl (C=S) groups is 1. The van der Waals surface area contributed by atoms with Gasteiger partial charge in [-0.3, -0.25) is 5.43 Å². The van der Waals surface area contributed by atoms with Crippen molar-refractivity contribution in [1.82, 2.24) is 5.43 Å². The van der Waals surface area contributed by atoms with E-state index in [2.05, 4.69) is 61.3 Å². The molecule has 0 aromatic heterocycles.